The van der Waals surface area contributed by atoms with Gasteiger partial charge in [0.2, 0.25) is 0 Å². The Labute approximate surface area is 104 Å². The molecule has 0 saturated carbocycles. The molecule has 1 N–H and O–H groups in total. The molecule has 0 amide bonds. The van der Waals surface area contributed by atoms with Crippen LogP contribution in [0.1, 0.15) is 4.88 Å². The van der Waals surface area contributed by atoms with Crippen molar-refractivity contribution in [2.24, 2.45) is 5.16 Å². The first-order chi connectivity index (χ1) is 8.21. The molecule has 0 unspecified atom stereocenters. The summed E-state index contributed by atoms with van der Waals surface area (Å²) in [7, 11) is 0. The van der Waals surface area contributed by atoms with Gasteiger partial charge in [-0.05, 0) is 12.1 Å². The van der Waals surface area contributed by atoms with Gasteiger partial charge in [-0.3, -0.25) is 4.90 Å². The van der Waals surface area contributed by atoms with E-state index < -0.39 is 0 Å². The van der Waals surface area contributed by atoms with E-state index in [0.29, 0.717) is 30.2 Å². The van der Waals surface area contributed by atoms with Gasteiger partial charge in [0, 0.05) is 19.6 Å². The molecule has 0 atom stereocenters. The fourth-order valence-corrected chi connectivity index (χ4v) is 2.11. The second kappa shape index (κ2) is 6.98. The molecule has 0 saturated heterocycles. The van der Waals surface area contributed by atoms with Crippen molar-refractivity contribution in [2.75, 3.05) is 19.6 Å². The van der Waals surface area contributed by atoms with Crippen molar-refractivity contribution >= 4 is 17.0 Å². The van der Waals surface area contributed by atoms with E-state index in [9.17, 15) is 4.39 Å². The molecular weight excluding hydrogens is 239 g/mol. The van der Waals surface area contributed by atoms with E-state index in [-0.39, 0.29) is 5.13 Å². The highest BCUT2D eigenvalue weighted by molar-refractivity contribution is 7.12. The standard InChI is InChI=1S/C12H15FN2OS/c1-3-7-15(8-4-2)9-10(14-16)11-5-6-12(13)17-11/h3-6,16H,1-2,7-9H2/b14-10+. The van der Waals surface area contributed by atoms with E-state index in [1.54, 1.807) is 18.2 Å². The number of thiophene rings is 1. The summed E-state index contributed by atoms with van der Waals surface area (Å²) in [6.07, 6.45) is 3.51. The van der Waals surface area contributed by atoms with Crippen molar-refractivity contribution < 1.29 is 9.60 Å². The minimum Gasteiger partial charge on any atom is -0.411 e. The highest BCUT2D eigenvalue weighted by Crippen LogP contribution is 2.16. The van der Waals surface area contributed by atoms with Gasteiger partial charge in [-0.15, -0.1) is 24.5 Å². The summed E-state index contributed by atoms with van der Waals surface area (Å²) in [5.41, 5.74) is 0.447. The minimum atomic E-state index is -0.292. The summed E-state index contributed by atoms with van der Waals surface area (Å²) in [5, 5.41) is 11.9. The molecule has 0 bridgehead atoms. The number of oxime groups is 1. The molecule has 0 aromatic carbocycles. The molecule has 1 aromatic heterocycles. The number of nitrogens with zero attached hydrogens (tertiary/aromatic N) is 2. The van der Waals surface area contributed by atoms with Crippen molar-refractivity contribution in [3.63, 3.8) is 0 Å². The maximum atomic E-state index is 12.9. The second-order valence-electron chi connectivity index (χ2n) is 3.42. The lowest BCUT2D eigenvalue weighted by atomic mass is 10.2. The molecule has 0 radical (unpaired) electrons. The van der Waals surface area contributed by atoms with Gasteiger partial charge in [-0.25, -0.2) is 0 Å². The first kappa shape index (κ1) is 13.6. The topological polar surface area (TPSA) is 35.8 Å². The lowest BCUT2D eigenvalue weighted by Crippen LogP contribution is -2.30. The van der Waals surface area contributed by atoms with Crippen molar-refractivity contribution in [3.8, 4) is 0 Å². The maximum absolute atomic E-state index is 12.9. The Hall–Kier alpha value is -1.46. The largest absolute Gasteiger partial charge is 0.411 e. The van der Waals surface area contributed by atoms with E-state index in [4.69, 9.17) is 5.21 Å². The number of hydrogen-bond acceptors (Lipinski definition) is 4. The van der Waals surface area contributed by atoms with Crippen LogP contribution in [0.2, 0.25) is 0 Å². The lowest BCUT2D eigenvalue weighted by Gasteiger charge is -2.18. The Morgan fingerprint density at radius 1 is 1.41 bits per heavy atom. The molecule has 0 spiro atoms. The zero-order valence-electron chi connectivity index (χ0n) is 9.47. The number of hydrogen-bond donors (Lipinski definition) is 1. The fourth-order valence-electron chi connectivity index (χ4n) is 1.41. The molecule has 0 aliphatic heterocycles. The lowest BCUT2D eigenvalue weighted by molar-refractivity contribution is 0.311. The summed E-state index contributed by atoms with van der Waals surface area (Å²) in [5.74, 6) is 0. The van der Waals surface area contributed by atoms with Gasteiger partial charge in [0.05, 0.1) is 4.88 Å². The molecule has 1 aromatic rings. The van der Waals surface area contributed by atoms with Crippen molar-refractivity contribution in [3.05, 3.63) is 47.5 Å². The van der Waals surface area contributed by atoms with Crippen LogP contribution in [0.5, 0.6) is 0 Å². The molecule has 0 aliphatic carbocycles. The second-order valence-corrected chi connectivity index (χ2v) is 4.46. The van der Waals surface area contributed by atoms with Crippen LogP contribution >= 0.6 is 11.3 Å². The Morgan fingerprint density at radius 2 is 2.06 bits per heavy atom. The van der Waals surface area contributed by atoms with Gasteiger partial charge in [0.1, 0.15) is 5.71 Å². The first-order valence-corrected chi connectivity index (χ1v) is 5.93. The third-order valence-corrected chi connectivity index (χ3v) is 3.05. The highest BCUT2D eigenvalue weighted by atomic mass is 32.1. The van der Waals surface area contributed by atoms with Gasteiger partial charge in [0.15, 0.2) is 5.13 Å². The van der Waals surface area contributed by atoms with E-state index in [1.165, 1.54) is 6.07 Å². The van der Waals surface area contributed by atoms with Gasteiger partial charge >= 0.3 is 0 Å². The quantitative estimate of drug-likeness (QED) is 0.351. The van der Waals surface area contributed by atoms with E-state index in [0.717, 1.165) is 11.3 Å². The van der Waals surface area contributed by atoms with Gasteiger partial charge in [-0.1, -0.05) is 17.3 Å². The monoisotopic (exact) mass is 254 g/mol. The maximum Gasteiger partial charge on any atom is 0.177 e. The molecule has 3 nitrogen and oxygen atoms in total. The molecule has 1 heterocycles. The summed E-state index contributed by atoms with van der Waals surface area (Å²) >= 11 is 0.963. The average Bonchev–Trinajstić information content (AvgIpc) is 2.73. The van der Waals surface area contributed by atoms with Crippen LogP contribution in [0.15, 0.2) is 42.6 Å². The van der Waals surface area contributed by atoms with Crippen molar-refractivity contribution in [2.45, 2.75) is 0 Å². The summed E-state index contributed by atoms with van der Waals surface area (Å²) in [6, 6.07) is 2.96. The van der Waals surface area contributed by atoms with Crippen LogP contribution in [-0.2, 0) is 0 Å². The minimum absolute atomic E-state index is 0.292. The first-order valence-electron chi connectivity index (χ1n) is 5.12. The van der Waals surface area contributed by atoms with Gasteiger partial charge < -0.3 is 5.21 Å². The van der Waals surface area contributed by atoms with E-state index in [2.05, 4.69) is 18.3 Å². The molecule has 0 fully saturated rings. The SMILES string of the molecule is C=CCN(CC=C)C/C(=N\O)c1ccc(F)s1. The smallest absolute Gasteiger partial charge is 0.177 e. The van der Waals surface area contributed by atoms with Crippen molar-refractivity contribution in [1.29, 1.82) is 0 Å². The van der Waals surface area contributed by atoms with Crippen LogP contribution in [0.25, 0.3) is 0 Å². The Bertz CT molecular complexity index is 404. The molecule has 1 rings (SSSR count). The van der Waals surface area contributed by atoms with Gasteiger partial charge in [-0.2, -0.15) is 4.39 Å². The highest BCUT2D eigenvalue weighted by Gasteiger charge is 2.12. The predicted octanol–water partition coefficient (Wildman–Crippen LogP) is 2.74. The van der Waals surface area contributed by atoms with Crippen LogP contribution in [0.3, 0.4) is 0 Å². The Balaban J connectivity index is 2.74. The summed E-state index contributed by atoms with van der Waals surface area (Å²) in [6.45, 7) is 9.04. The van der Waals surface area contributed by atoms with Crippen molar-refractivity contribution in [1.82, 2.24) is 4.90 Å². The van der Waals surface area contributed by atoms with Gasteiger partial charge in [0.25, 0.3) is 0 Å². The summed E-state index contributed by atoms with van der Waals surface area (Å²) < 4.78 is 12.9. The number of rotatable bonds is 7. The zero-order valence-corrected chi connectivity index (χ0v) is 10.3. The van der Waals surface area contributed by atoms with E-state index in [1.807, 2.05) is 4.90 Å². The third kappa shape index (κ3) is 4.13. The third-order valence-electron chi connectivity index (χ3n) is 2.13. The number of halogens is 1. The molecule has 92 valence electrons. The van der Waals surface area contributed by atoms with Crippen LogP contribution in [0.4, 0.5) is 4.39 Å². The van der Waals surface area contributed by atoms with Crippen LogP contribution < -0.4 is 0 Å². The summed E-state index contributed by atoms with van der Waals surface area (Å²) in [4.78, 5) is 2.61. The molecule has 0 aliphatic rings. The van der Waals surface area contributed by atoms with Crippen LogP contribution in [0, 0.1) is 5.13 Å². The Morgan fingerprint density at radius 3 is 2.47 bits per heavy atom. The zero-order chi connectivity index (χ0) is 12.7. The molecule has 17 heavy (non-hydrogen) atoms. The fraction of sp³-hybridized carbons (Fsp3) is 0.250. The van der Waals surface area contributed by atoms with E-state index >= 15 is 0 Å². The Kier molecular flexibility index (Phi) is 5.59. The normalized spacial score (nSPS) is 11.8. The average molecular weight is 254 g/mol. The predicted molar refractivity (Wildman–Crippen MR) is 69.4 cm³/mol. The molecule has 5 heteroatoms. The van der Waals surface area contributed by atoms with Crippen LogP contribution in [-0.4, -0.2) is 35.5 Å². The molecular formula is C12H15FN2OS.